The summed E-state index contributed by atoms with van der Waals surface area (Å²) in [6.45, 7) is 0.832. The topological polar surface area (TPSA) is 81.2 Å². The summed E-state index contributed by atoms with van der Waals surface area (Å²) in [5.41, 5.74) is 5.58. The molecule has 1 aliphatic rings. The van der Waals surface area contributed by atoms with Crippen LogP contribution in [0.5, 0.6) is 0 Å². The third-order valence-corrected chi connectivity index (χ3v) is 5.14. The maximum atomic E-state index is 12.3. The van der Waals surface area contributed by atoms with Gasteiger partial charge < -0.3 is 10.3 Å². The van der Waals surface area contributed by atoms with Gasteiger partial charge in [0.05, 0.1) is 0 Å². The van der Waals surface area contributed by atoms with Crippen molar-refractivity contribution in [2.75, 3.05) is 13.1 Å². The van der Waals surface area contributed by atoms with Gasteiger partial charge in [-0.05, 0) is 24.4 Å². The van der Waals surface area contributed by atoms with Gasteiger partial charge in [0.25, 0.3) is 10.0 Å². The zero-order chi connectivity index (χ0) is 12.6. The van der Waals surface area contributed by atoms with Crippen LogP contribution in [0, 0.1) is 0 Å². The molecule has 1 saturated heterocycles. The zero-order valence-corrected chi connectivity index (χ0v) is 11.1. The molecule has 0 unspecified atom stereocenters. The molecule has 0 amide bonds. The van der Waals surface area contributed by atoms with E-state index in [4.69, 9.17) is 17.3 Å². The molecule has 96 valence electrons. The highest BCUT2D eigenvalue weighted by atomic mass is 35.5. The lowest BCUT2D eigenvalue weighted by atomic mass is 10.2. The van der Waals surface area contributed by atoms with Gasteiger partial charge in [-0.15, -0.1) is 0 Å². The fraction of sp³-hybridized carbons (Fsp3) is 0.667. The SMILES string of the molecule is Cn1cc(S(=O)(=O)N2CCC[C@H]2CN)nc1Cl. The van der Waals surface area contributed by atoms with Gasteiger partial charge in [0.15, 0.2) is 5.03 Å². The molecule has 0 aromatic carbocycles. The normalized spacial score (nSPS) is 22.2. The van der Waals surface area contributed by atoms with E-state index in [9.17, 15) is 8.42 Å². The Balaban J connectivity index is 2.36. The number of hydrogen-bond acceptors (Lipinski definition) is 4. The van der Waals surface area contributed by atoms with Crippen LogP contribution >= 0.6 is 11.6 Å². The van der Waals surface area contributed by atoms with E-state index in [0.717, 1.165) is 12.8 Å². The van der Waals surface area contributed by atoms with Crippen LogP contribution in [0.3, 0.4) is 0 Å². The first-order valence-electron chi connectivity index (χ1n) is 5.37. The summed E-state index contributed by atoms with van der Waals surface area (Å²) < 4.78 is 27.5. The molecule has 8 heteroatoms. The van der Waals surface area contributed by atoms with Crippen molar-refractivity contribution in [2.45, 2.75) is 23.9 Å². The molecule has 17 heavy (non-hydrogen) atoms. The number of rotatable bonds is 3. The highest BCUT2D eigenvalue weighted by Crippen LogP contribution is 2.25. The molecule has 0 spiro atoms. The number of aryl methyl sites for hydroxylation is 1. The van der Waals surface area contributed by atoms with E-state index >= 15 is 0 Å². The van der Waals surface area contributed by atoms with Gasteiger partial charge in [0.1, 0.15) is 0 Å². The van der Waals surface area contributed by atoms with E-state index in [0.29, 0.717) is 13.1 Å². The number of hydrogen-bond donors (Lipinski definition) is 1. The van der Waals surface area contributed by atoms with Crippen LogP contribution in [0.15, 0.2) is 11.2 Å². The number of halogens is 1. The maximum absolute atomic E-state index is 12.3. The van der Waals surface area contributed by atoms with Crippen molar-refractivity contribution in [2.24, 2.45) is 12.8 Å². The van der Waals surface area contributed by atoms with E-state index in [-0.39, 0.29) is 16.4 Å². The van der Waals surface area contributed by atoms with Crippen LogP contribution in [0.4, 0.5) is 0 Å². The fourth-order valence-corrected chi connectivity index (χ4v) is 3.90. The Morgan fingerprint density at radius 2 is 2.35 bits per heavy atom. The van der Waals surface area contributed by atoms with Crippen molar-refractivity contribution in [1.29, 1.82) is 0 Å². The predicted molar refractivity (Wildman–Crippen MR) is 64.2 cm³/mol. The largest absolute Gasteiger partial charge is 0.329 e. The molecular formula is C9H15ClN4O2S. The molecule has 1 aromatic rings. The molecule has 2 rings (SSSR count). The van der Waals surface area contributed by atoms with Gasteiger partial charge in [-0.3, -0.25) is 0 Å². The van der Waals surface area contributed by atoms with Gasteiger partial charge in [0, 0.05) is 32.4 Å². The van der Waals surface area contributed by atoms with Crippen molar-refractivity contribution >= 4 is 21.6 Å². The maximum Gasteiger partial charge on any atom is 0.262 e. The highest BCUT2D eigenvalue weighted by Gasteiger charge is 2.36. The molecule has 1 fully saturated rings. The smallest absolute Gasteiger partial charge is 0.262 e. The Kier molecular flexibility index (Phi) is 3.44. The van der Waals surface area contributed by atoms with Crippen LogP contribution in [0.25, 0.3) is 0 Å². The Hall–Kier alpha value is -0.630. The Bertz CT molecular complexity index is 494. The number of nitrogens with two attached hydrogens (primary N) is 1. The lowest BCUT2D eigenvalue weighted by Gasteiger charge is -2.21. The molecular weight excluding hydrogens is 264 g/mol. The number of nitrogens with zero attached hydrogens (tertiary/aromatic N) is 3. The summed E-state index contributed by atoms with van der Waals surface area (Å²) in [5.74, 6) is 0. The molecule has 6 nitrogen and oxygen atoms in total. The van der Waals surface area contributed by atoms with E-state index in [1.54, 1.807) is 7.05 Å². The van der Waals surface area contributed by atoms with Crippen molar-refractivity contribution in [1.82, 2.24) is 13.9 Å². The molecule has 1 aromatic heterocycles. The van der Waals surface area contributed by atoms with Gasteiger partial charge in [-0.1, -0.05) is 0 Å². The summed E-state index contributed by atoms with van der Waals surface area (Å²) in [6, 6.07) is -0.124. The van der Waals surface area contributed by atoms with Gasteiger partial charge in [-0.25, -0.2) is 13.4 Å². The number of sulfonamides is 1. The van der Waals surface area contributed by atoms with Crippen LogP contribution in [-0.2, 0) is 17.1 Å². The van der Waals surface area contributed by atoms with Crippen LogP contribution in [0.1, 0.15) is 12.8 Å². The number of imidazole rings is 1. The highest BCUT2D eigenvalue weighted by molar-refractivity contribution is 7.89. The summed E-state index contributed by atoms with van der Waals surface area (Å²) >= 11 is 5.76. The summed E-state index contributed by atoms with van der Waals surface area (Å²) in [7, 11) is -1.91. The molecule has 1 aliphatic heterocycles. The third kappa shape index (κ3) is 2.20. The first kappa shape index (κ1) is 12.8. The summed E-state index contributed by atoms with van der Waals surface area (Å²) in [6.07, 6.45) is 3.06. The standard InChI is InChI=1S/C9H15ClN4O2S/c1-13-6-8(12-9(13)10)17(15,16)14-4-2-3-7(14)5-11/h6-7H,2-5,11H2,1H3/t7-/m0/s1. The minimum atomic E-state index is -3.56. The van der Waals surface area contributed by atoms with Gasteiger partial charge in [0.2, 0.25) is 5.28 Å². The first-order valence-corrected chi connectivity index (χ1v) is 7.19. The lowest BCUT2D eigenvalue weighted by molar-refractivity contribution is 0.391. The summed E-state index contributed by atoms with van der Waals surface area (Å²) in [4.78, 5) is 3.85. The third-order valence-electron chi connectivity index (χ3n) is 2.97. The molecule has 0 saturated carbocycles. The summed E-state index contributed by atoms with van der Waals surface area (Å²) in [5, 5.41) is 0.150. The second-order valence-corrected chi connectivity index (χ2v) is 6.28. The Labute approximate surface area is 105 Å². The molecule has 0 aliphatic carbocycles. The fourth-order valence-electron chi connectivity index (χ4n) is 2.02. The zero-order valence-electron chi connectivity index (χ0n) is 9.50. The van der Waals surface area contributed by atoms with Crippen LogP contribution in [-0.4, -0.2) is 41.4 Å². The molecule has 0 radical (unpaired) electrons. The van der Waals surface area contributed by atoms with E-state index in [1.165, 1.54) is 15.1 Å². The second-order valence-electron chi connectivity index (χ2n) is 4.11. The minimum absolute atomic E-state index is 0.00894. The van der Waals surface area contributed by atoms with Crippen LogP contribution in [0.2, 0.25) is 5.28 Å². The number of aromatic nitrogens is 2. The Morgan fingerprint density at radius 1 is 1.65 bits per heavy atom. The predicted octanol–water partition coefficient (Wildman–Crippen LogP) is 0.185. The molecule has 0 bridgehead atoms. The molecule has 2 N–H and O–H groups in total. The van der Waals surface area contributed by atoms with E-state index in [2.05, 4.69) is 4.98 Å². The Morgan fingerprint density at radius 3 is 2.88 bits per heavy atom. The van der Waals surface area contributed by atoms with Crippen molar-refractivity contribution < 1.29 is 8.42 Å². The minimum Gasteiger partial charge on any atom is -0.329 e. The lowest BCUT2D eigenvalue weighted by Crippen LogP contribution is -2.40. The monoisotopic (exact) mass is 278 g/mol. The van der Waals surface area contributed by atoms with E-state index < -0.39 is 10.0 Å². The molecule has 2 heterocycles. The van der Waals surface area contributed by atoms with Crippen molar-refractivity contribution in [3.05, 3.63) is 11.5 Å². The van der Waals surface area contributed by atoms with Gasteiger partial charge in [-0.2, -0.15) is 4.31 Å². The average molecular weight is 279 g/mol. The first-order chi connectivity index (χ1) is 7.96. The van der Waals surface area contributed by atoms with Crippen molar-refractivity contribution in [3.8, 4) is 0 Å². The van der Waals surface area contributed by atoms with Gasteiger partial charge >= 0.3 is 0 Å². The van der Waals surface area contributed by atoms with E-state index in [1.807, 2.05) is 0 Å². The second kappa shape index (κ2) is 4.56. The average Bonchev–Trinajstić information content (AvgIpc) is 2.86. The quantitative estimate of drug-likeness (QED) is 0.855. The van der Waals surface area contributed by atoms with Crippen molar-refractivity contribution in [3.63, 3.8) is 0 Å². The molecule has 1 atom stereocenters. The van der Waals surface area contributed by atoms with Crippen LogP contribution < -0.4 is 5.73 Å².